The fourth-order valence-electron chi connectivity index (χ4n) is 2.64. The van der Waals surface area contributed by atoms with E-state index in [0.717, 1.165) is 30.6 Å². The lowest BCUT2D eigenvalue weighted by Crippen LogP contribution is -2.24. The van der Waals surface area contributed by atoms with Crippen LogP contribution in [0.25, 0.3) is 0 Å². The Bertz CT molecular complexity index is 365. The quantitative estimate of drug-likeness (QED) is 0.731. The van der Waals surface area contributed by atoms with Gasteiger partial charge in [-0.3, -0.25) is 0 Å². The molecule has 0 spiro atoms. The van der Waals surface area contributed by atoms with Crippen molar-refractivity contribution in [1.82, 2.24) is 4.98 Å². The van der Waals surface area contributed by atoms with Crippen molar-refractivity contribution in [1.29, 1.82) is 0 Å². The van der Waals surface area contributed by atoms with E-state index >= 15 is 0 Å². The van der Waals surface area contributed by atoms with Crippen LogP contribution in [0.3, 0.4) is 0 Å². The number of aromatic nitrogens is 1. The van der Waals surface area contributed by atoms with Crippen LogP contribution in [0, 0.1) is 17.8 Å². The van der Waals surface area contributed by atoms with E-state index < -0.39 is 0 Å². The van der Waals surface area contributed by atoms with Gasteiger partial charge in [0, 0.05) is 31.0 Å². The molecule has 1 aromatic rings. The Morgan fingerprint density at radius 1 is 1.35 bits per heavy atom. The van der Waals surface area contributed by atoms with Gasteiger partial charge in [0.25, 0.3) is 0 Å². The minimum absolute atomic E-state index is 0.382. The van der Waals surface area contributed by atoms with Crippen molar-refractivity contribution < 1.29 is 4.39 Å². The average molecular weight is 236 g/mol. The van der Waals surface area contributed by atoms with Gasteiger partial charge in [-0.25, -0.2) is 4.98 Å². The third-order valence-corrected chi connectivity index (χ3v) is 3.79. The second-order valence-corrected chi connectivity index (χ2v) is 5.26. The fraction of sp³-hybridized carbons (Fsp3) is 0.643. The minimum Gasteiger partial charge on any atom is -0.371 e. The first-order valence-corrected chi connectivity index (χ1v) is 6.53. The lowest BCUT2D eigenvalue weighted by atomic mass is 9.89. The molecular weight excluding hydrogens is 215 g/mol. The van der Waals surface area contributed by atoms with E-state index in [4.69, 9.17) is 0 Å². The van der Waals surface area contributed by atoms with E-state index in [-0.39, 0.29) is 5.95 Å². The van der Waals surface area contributed by atoms with E-state index in [1.165, 1.54) is 25.3 Å². The average Bonchev–Trinajstić information content (AvgIpc) is 2.54. The summed E-state index contributed by atoms with van der Waals surface area (Å²) >= 11 is 0. The Labute approximate surface area is 103 Å². The van der Waals surface area contributed by atoms with Gasteiger partial charge in [-0.2, -0.15) is 4.39 Å². The summed E-state index contributed by atoms with van der Waals surface area (Å²) in [6, 6.07) is 3.44. The maximum atomic E-state index is 13.1. The van der Waals surface area contributed by atoms with Crippen LogP contribution in [0.2, 0.25) is 0 Å². The molecule has 0 bridgehead atoms. The highest BCUT2D eigenvalue weighted by atomic mass is 19.1. The lowest BCUT2D eigenvalue weighted by Gasteiger charge is -2.23. The van der Waals surface area contributed by atoms with E-state index in [9.17, 15) is 4.39 Å². The predicted molar refractivity (Wildman–Crippen MR) is 68.6 cm³/mol. The molecule has 17 heavy (non-hydrogen) atoms. The Balaban J connectivity index is 2.04. The first-order chi connectivity index (χ1) is 8.16. The topological polar surface area (TPSA) is 16.1 Å². The third-order valence-electron chi connectivity index (χ3n) is 3.79. The zero-order valence-corrected chi connectivity index (χ0v) is 10.7. The molecule has 94 valence electrons. The lowest BCUT2D eigenvalue weighted by molar-refractivity contribution is 0.351. The molecule has 0 aliphatic carbocycles. The van der Waals surface area contributed by atoms with Gasteiger partial charge in [-0.15, -0.1) is 0 Å². The molecule has 0 amide bonds. The van der Waals surface area contributed by atoms with E-state index in [1.807, 2.05) is 6.07 Å². The first kappa shape index (κ1) is 12.3. The zero-order chi connectivity index (χ0) is 12.3. The predicted octanol–water partition coefficient (Wildman–Crippen LogP) is 3.48. The largest absolute Gasteiger partial charge is 0.371 e. The smallest absolute Gasteiger partial charge is 0.214 e. The number of anilines is 1. The summed E-state index contributed by atoms with van der Waals surface area (Å²) in [4.78, 5) is 5.89. The van der Waals surface area contributed by atoms with Crippen molar-refractivity contribution in [2.75, 3.05) is 18.0 Å². The van der Waals surface area contributed by atoms with Gasteiger partial charge >= 0.3 is 0 Å². The third kappa shape index (κ3) is 3.18. The van der Waals surface area contributed by atoms with Crippen LogP contribution in [-0.2, 0) is 0 Å². The Morgan fingerprint density at radius 2 is 2.18 bits per heavy atom. The van der Waals surface area contributed by atoms with Gasteiger partial charge in [0.05, 0.1) is 0 Å². The van der Waals surface area contributed by atoms with Crippen molar-refractivity contribution in [2.45, 2.75) is 33.1 Å². The molecule has 1 fully saturated rings. The molecule has 2 nitrogen and oxygen atoms in total. The molecule has 3 heteroatoms. The van der Waals surface area contributed by atoms with Crippen LogP contribution in [-0.4, -0.2) is 18.1 Å². The summed E-state index contributed by atoms with van der Waals surface area (Å²) in [5.74, 6) is 1.18. The molecule has 1 atom stereocenters. The van der Waals surface area contributed by atoms with Crippen LogP contribution in [0.4, 0.5) is 10.1 Å². The van der Waals surface area contributed by atoms with Gasteiger partial charge < -0.3 is 4.90 Å². The summed E-state index contributed by atoms with van der Waals surface area (Å²) in [5.41, 5.74) is 0.974. The summed E-state index contributed by atoms with van der Waals surface area (Å²) in [7, 11) is 0. The van der Waals surface area contributed by atoms with Crippen LogP contribution in [0.1, 0.15) is 33.1 Å². The number of hydrogen-bond acceptors (Lipinski definition) is 2. The SMILES string of the molecule is CC(C)C1CCCN(c2ccnc(F)c2)CC1. The highest BCUT2D eigenvalue weighted by Crippen LogP contribution is 2.27. The standard InChI is InChI=1S/C14H21FN2/c1-11(2)12-4-3-8-17(9-6-12)13-5-7-16-14(15)10-13/h5,7,10-12H,3-4,6,8-9H2,1-2H3. The zero-order valence-electron chi connectivity index (χ0n) is 10.7. The Hall–Kier alpha value is -1.12. The van der Waals surface area contributed by atoms with Crippen LogP contribution < -0.4 is 4.90 Å². The van der Waals surface area contributed by atoms with Crippen molar-refractivity contribution in [3.63, 3.8) is 0 Å². The molecule has 1 aliphatic heterocycles. The van der Waals surface area contributed by atoms with Gasteiger partial charge in [0.2, 0.25) is 5.95 Å². The highest BCUT2D eigenvalue weighted by molar-refractivity contribution is 5.44. The van der Waals surface area contributed by atoms with E-state index in [2.05, 4.69) is 23.7 Å². The molecule has 1 aliphatic rings. The van der Waals surface area contributed by atoms with Crippen molar-refractivity contribution in [3.05, 3.63) is 24.3 Å². The molecular formula is C14H21FN2. The molecule has 1 aromatic heterocycles. The number of rotatable bonds is 2. The van der Waals surface area contributed by atoms with Gasteiger partial charge in [0.1, 0.15) is 0 Å². The minimum atomic E-state index is -0.382. The molecule has 1 unspecified atom stereocenters. The maximum Gasteiger partial charge on any atom is 0.214 e. The van der Waals surface area contributed by atoms with E-state index in [0.29, 0.717) is 0 Å². The summed E-state index contributed by atoms with van der Waals surface area (Å²) < 4.78 is 13.1. The number of hydrogen-bond donors (Lipinski definition) is 0. The van der Waals surface area contributed by atoms with Crippen LogP contribution in [0.5, 0.6) is 0 Å². The molecule has 1 saturated heterocycles. The first-order valence-electron chi connectivity index (χ1n) is 6.53. The van der Waals surface area contributed by atoms with Gasteiger partial charge in [-0.1, -0.05) is 13.8 Å². The van der Waals surface area contributed by atoms with Crippen molar-refractivity contribution in [2.24, 2.45) is 11.8 Å². The highest BCUT2D eigenvalue weighted by Gasteiger charge is 2.19. The monoisotopic (exact) mass is 236 g/mol. The number of pyridine rings is 1. The van der Waals surface area contributed by atoms with Gasteiger partial charge in [0.15, 0.2) is 0 Å². The summed E-state index contributed by atoms with van der Waals surface area (Å²) in [6.07, 6.45) is 5.26. The Kier molecular flexibility index (Phi) is 3.97. The fourth-order valence-corrected chi connectivity index (χ4v) is 2.64. The van der Waals surface area contributed by atoms with Crippen LogP contribution >= 0.6 is 0 Å². The molecule has 0 N–H and O–H groups in total. The molecule has 0 aromatic carbocycles. The normalized spacial score (nSPS) is 21.6. The second kappa shape index (κ2) is 5.48. The summed E-state index contributed by atoms with van der Waals surface area (Å²) in [5, 5.41) is 0. The van der Waals surface area contributed by atoms with Crippen LogP contribution in [0.15, 0.2) is 18.3 Å². The molecule has 0 saturated carbocycles. The van der Waals surface area contributed by atoms with Gasteiger partial charge in [-0.05, 0) is 37.2 Å². The summed E-state index contributed by atoms with van der Waals surface area (Å²) in [6.45, 7) is 6.66. The maximum absolute atomic E-state index is 13.1. The number of halogens is 1. The molecule has 0 radical (unpaired) electrons. The van der Waals surface area contributed by atoms with Crippen molar-refractivity contribution >= 4 is 5.69 Å². The number of nitrogens with zero attached hydrogens (tertiary/aromatic N) is 2. The van der Waals surface area contributed by atoms with E-state index in [1.54, 1.807) is 6.20 Å². The van der Waals surface area contributed by atoms with Crippen molar-refractivity contribution in [3.8, 4) is 0 Å². The molecule has 2 rings (SSSR count). The second-order valence-electron chi connectivity index (χ2n) is 5.26. The Morgan fingerprint density at radius 3 is 2.88 bits per heavy atom. The molecule has 2 heterocycles.